The van der Waals surface area contributed by atoms with Crippen LogP contribution in [0.3, 0.4) is 0 Å². The number of hydrogen-bond acceptors (Lipinski definition) is 0. The molecular formula is C28H27Cl6. The fourth-order valence-electron chi connectivity index (χ4n) is 4.98. The third kappa shape index (κ3) is 4.17. The average Bonchev–Trinajstić information content (AvgIpc) is 2.81. The lowest BCUT2D eigenvalue weighted by Gasteiger charge is -2.31. The Balaban J connectivity index is 2.68. The maximum absolute atomic E-state index is 6.81. The van der Waals surface area contributed by atoms with Crippen LogP contribution >= 0.6 is 69.6 Å². The maximum Gasteiger partial charge on any atom is 0.0648 e. The van der Waals surface area contributed by atoms with Crippen molar-refractivity contribution in [3.05, 3.63) is 103 Å². The van der Waals surface area contributed by atoms with Gasteiger partial charge in [0.15, 0.2) is 0 Å². The Kier molecular flexibility index (Phi) is 8.26. The van der Waals surface area contributed by atoms with Gasteiger partial charge < -0.3 is 0 Å². The summed E-state index contributed by atoms with van der Waals surface area (Å²) in [6.45, 7) is 17.9. The Bertz CT molecular complexity index is 1100. The van der Waals surface area contributed by atoms with Crippen molar-refractivity contribution in [1.29, 1.82) is 0 Å². The lowest BCUT2D eigenvalue weighted by atomic mass is 9.74. The van der Waals surface area contributed by atoms with Gasteiger partial charge in [-0.25, -0.2) is 0 Å². The molecule has 0 unspecified atom stereocenters. The van der Waals surface area contributed by atoms with E-state index in [0.717, 1.165) is 72.7 Å². The number of hydrogen-bond donors (Lipinski definition) is 0. The van der Waals surface area contributed by atoms with Crippen molar-refractivity contribution in [1.82, 2.24) is 0 Å². The maximum atomic E-state index is 6.81. The molecule has 0 nitrogen and oxygen atoms in total. The van der Waals surface area contributed by atoms with E-state index >= 15 is 0 Å². The molecule has 181 valence electrons. The monoisotopic (exact) mass is 573 g/mol. The van der Waals surface area contributed by atoms with E-state index in [-0.39, 0.29) is 0 Å². The van der Waals surface area contributed by atoms with Gasteiger partial charge in [0.2, 0.25) is 0 Å². The van der Waals surface area contributed by atoms with Crippen LogP contribution < -0.4 is 0 Å². The first-order chi connectivity index (χ1) is 15.7. The third-order valence-corrected chi connectivity index (χ3v) is 10.4. The van der Waals surface area contributed by atoms with Gasteiger partial charge in [0, 0.05) is 30.1 Å². The fourth-order valence-corrected chi connectivity index (χ4v) is 6.26. The molecule has 0 aromatic heterocycles. The quantitative estimate of drug-likeness (QED) is 0.272. The van der Waals surface area contributed by atoms with Gasteiger partial charge in [0.25, 0.3) is 0 Å². The summed E-state index contributed by atoms with van der Waals surface area (Å²) >= 11 is 40.9. The van der Waals surface area contributed by atoms with Crippen LogP contribution in [0.5, 0.6) is 0 Å². The predicted octanol–water partition coefficient (Wildman–Crippen LogP) is 11.4. The summed E-state index contributed by atoms with van der Waals surface area (Å²) in [7, 11) is 0. The van der Waals surface area contributed by atoms with Crippen molar-refractivity contribution in [3.63, 3.8) is 0 Å². The molecule has 0 atom stereocenters. The number of halogens is 6. The Morgan fingerprint density at radius 3 is 0.588 bits per heavy atom. The van der Waals surface area contributed by atoms with E-state index < -0.39 is 0 Å². The SMILES string of the molecule is Cc1c(Cl)c(C)c([C](c2c(C)c(Cl)c(C)c(Cl)c2C)c2c(C)c(Cl)c(C)c(Cl)c2C)c(C)c1Cl. The zero-order chi connectivity index (χ0) is 26.0. The summed E-state index contributed by atoms with van der Waals surface area (Å²) in [4.78, 5) is 0. The van der Waals surface area contributed by atoms with Gasteiger partial charge in [0.05, 0.1) is 5.92 Å². The molecule has 0 saturated carbocycles. The minimum atomic E-state index is 0.627. The Labute approximate surface area is 233 Å². The van der Waals surface area contributed by atoms with Crippen LogP contribution in [0.15, 0.2) is 0 Å². The molecule has 0 aliphatic heterocycles. The molecule has 0 bridgehead atoms. The minimum absolute atomic E-state index is 0.627. The topological polar surface area (TPSA) is 0 Å². The fraction of sp³-hybridized carbons (Fsp3) is 0.321. The lowest BCUT2D eigenvalue weighted by molar-refractivity contribution is 1.08. The zero-order valence-corrected chi connectivity index (χ0v) is 25.3. The van der Waals surface area contributed by atoms with Crippen LogP contribution in [0.4, 0.5) is 0 Å². The second kappa shape index (κ2) is 10.0. The van der Waals surface area contributed by atoms with Crippen LogP contribution in [0.25, 0.3) is 0 Å². The van der Waals surface area contributed by atoms with Gasteiger partial charge >= 0.3 is 0 Å². The average molecular weight is 576 g/mol. The molecule has 0 aliphatic rings. The van der Waals surface area contributed by atoms with E-state index in [4.69, 9.17) is 69.6 Å². The van der Waals surface area contributed by atoms with E-state index in [1.807, 2.05) is 62.3 Å². The van der Waals surface area contributed by atoms with Crippen LogP contribution in [0.1, 0.15) is 66.8 Å². The summed E-state index contributed by atoms with van der Waals surface area (Å²) in [6.07, 6.45) is 0. The first-order valence-electron chi connectivity index (χ1n) is 10.9. The number of rotatable bonds is 3. The smallest absolute Gasteiger partial charge is 0.0648 e. The third-order valence-electron chi connectivity index (χ3n) is 6.95. The van der Waals surface area contributed by atoms with Crippen LogP contribution in [-0.4, -0.2) is 0 Å². The molecule has 0 aliphatic carbocycles. The summed E-state index contributed by atoms with van der Waals surface area (Å²) in [6, 6.07) is 0. The second-order valence-electron chi connectivity index (χ2n) is 9.01. The second-order valence-corrected chi connectivity index (χ2v) is 11.3. The van der Waals surface area contributed by atoms with Crippen LogP contribution in [0.2, 0.25) is 30.1 Å². The normalized spacial score (nSPS) is 11.6. The molecule has 1 radical (unpaired) electrons. The van der Waals surface area contributed by atoms with Crippen molar-refractivity contribution < 1.29 is 0 Å². The summed E-state index contributed by atoms with van der Waals surface area (Å²) in [5, 5.41) is 3.76. The molecule has 34 heavy (non-hydrogen) atoms. The highest BCUT2D eigenvalue weighted by molar-refractivity contribution is 6.39. The summed E-state index contributed by atoms with van der Waals surface area (Å²) < 4.78 is 0. The van der Waals surface area contributed by atoms with Gasteiger partial charge in [0.1, 0.15) is 0 Å². The van der Waals surface area contributed by atoms with Crippen molar-refractivity contribution >= 4 is 69.6 Å². The first kappa shape index (κ1) is 28.0. The van der Waals surface area contributed by atoms with E-state index in [1.54, 1.807) is 0 Å². The highest BCUT2D eigenvalue weighted by Crippen LogP contribution is 2.50. The molecule has 3 aromatic rings. The van der Waals surface area contributed by atoms with Crippen molar-refractivity contribution in [2.24, 2.45) is 0 Å². The molecule has 0 N–H and O–H groups in total. The highest BCUT2D eigenvalue weighted by atomic mass is 35.5. The van der Waals surface area contributed by atoms with Crippen molar-refractivity contribution in [3.8, 4) is 0 Å². The summed E-state index contributed by atoms with van der Waals surface area (Å²) in [5.41, 5.74) is 10.9. The number of benzene rings is 3. The predicted molar refractivity (Wildman–Crippen MR) is 153 cm³/mol. The van der Waals surface area contributed by atoms with E-state index in [9.17, 15) is 0 Å². The Morgan fingerprint density at radius 1 is 0.294 bits per heavy atom. The molecule has 0 saturated heterocycles. The molecule has 3 aromatic carbocycles. The zero-order valence-electron chi connectivity index (χ0n) is 20.8. The molecule has 0 spiro atoms. The molecule has 0 heterocycles. The van der Waals surface area contributed by atoms with E-state index in [2.05, 4.69) is 0 Å². The lowest BCUT2D eigenvalue weighted by Crippen LogP contribution is -2.17. The van der Waals surface area contributed by atoms with Gasteiger partial charge in [-0.05, 0) is 129 Å². The van der Waals surface area contributed by atoms with Gasteiger partial charge in [-0.3, -0.25) is 0 Å². The van der Waals surface area contributed by atoms with Gasteiger partial charge in [-0.15, -0.1) is 0 Å². The van der Waals surface area contributed by atoms with Crippen molar-refractivity contribution in [2.75, 3.05) is 0 Å². The van der Waals surface area contributed by atoms with E-state index in [1.165, 1.54) is 0 Å². The van der Waals surface area contributed by atoms with Crippen LogP contribution in [0, 0.1) is 68.2 Å². The first-order valence-corrected chi connectivity index (χ1v) is 13.2. The summed E-state index contributed by atoms with van der Waals surface area (Å²) in [5.74, 6) is 0.927. The highest BCUT2D eigenvalue weighted by Gasteiger charge is 2.33. The molecule has 6 heteroatoms. The van der Waals surface area contributed by atoms with Crippen molar-refractivity contribution in [2.45, 2.75) is 62.3 Å². The van der Waals surface area contributed by atoms with E-state index in [0.29, 0.717) is 30.1 Å². The molecule has 0 fully saturated rings. The van der Waals surface area contributed by atoms with Gasteiger partial charge in [-0.1, -0.05) is 69.6 Å². The Morgan fingerprint density at radius 2 is 0.441 bits per heavy atom. The Hall–Kier alpha value is -0.600. The minimum Gasteiger partial charge on any atom is -0.0837 e. The molecule has 3 rings (SSSR count). The molecular weight excluding hydrogens is 549 g/mol. The molecule has 0 amide bonds. The standard InChI is InChI=1S/C28H27Cl6/c1-10-19(11(2)24(30)16(7)23(10)29)22(20-12(3)25(31)17(8)26(32)13(20)4)21-14(5)27(33)18(9)28(34)15(21)6/h1-9H3. The largest absolute Gasteiger partial charge is 0.0837 e. The van der Waals surface area contributed by atoms with Crippen LogP contribution in [-0.2, 0) is 0 Å². The van der Waals surface area contributed by atoms with Gasteiger partial charge in [-0.2, -0.15) is 0 Å².